The molecule has 0 saturated carbocycles. The summed E-state index contributed by atoms with van der Waals surface area (Å²) in [6, 6.07) is 12.4. The number of benzene rings is 2. The highest BCUT2D eigenvalue weighted by molar-refractivity contribution is 6.14. The van der Waals surface area contributed by atoms with Gasteiger partial charge in [-0.3, -0.25) is 4.90 Å². The maximum Gasteiger partial charge on any atom is 0.116 e. The quantitative estimate of drug-likeness (QED) is 0.576. The number of anilines is 2. The molecule has 0 aromatic heterocycles. The molecule has 0 radical (unpaired) electrons. The summed E-state index contributed by atoms with van der Waals surface area (Å²) in [5.41, 5.74) is 13.1. The minimum Gasteiger partial charge on any atom is -0.398 e. The molecule has 0 fully saturated rings. The van der Waals surface area contributed by atoms with Gasteiger partial charge in [0.25, 0.3) is 0 Å². The standard InChI is InChI=1S/C20H23N3.2C2H6/c1-12(2)20-22-19-14(4)18(21)11-10-17(19)15(5)23(20)16-8-6-13(3)7-9-16;2*1-2/h6-12H,5,21H2,1-4H3;2*1-2H3. The van der Waals surface area contributed by atoms with Crippen LogP contribution in [0, 0.1) is 19.8 Å². The summed E-state index contributed by atoms with van der Waals surface area (Å²) in [6.07, 6.45) is 0. The molecule has 0 amide bonds. The minimum atomic E-state index is 0.280. The number of amidine groups is 1. The van der Waals surface area contributed by atoms with Crippen molar-refractivity contribution in [2.24, 2.45) is 10.9 Å². The molecule has 2 aromatic rings. The van der Waals surface area contributed by atoms with Gasteiger partial charge in [0.2, 0.25) is 0 Å². The van der Waals surface area contributed by atoms with Gasteiger partial charge in [0.1, 0.15) is 5.84 Å². The molecule has 0 unspecified atom stereocenters. The lowest BCUT2D eigenvalue weighted by atomic mass is 9.98. The molecular formula is C24H35N3. The van der Waals surface area contributed by atoms with Gasteiger partial charge in [-0.05, 0) is 43.7 Å². The number of nitrogens with zero attached hydrogens (tertiary/aromatic N) is 2. The number of aliphatic imine (C=N–C) groups is 1. The SMILES string of the molecule is C=C1c2ccc(N)c(C)c2N=C(C(C)C)N1c1ccc(C)cc1.CC.CC. The van der Waals surface area contributed by atoms with E-state index in [1.165, 1.54) is 5.56 Å². The van der Waals surface area contributed by atoms with Crippen LogP contribution in [0.15, 0.2) is 48.0 Å². The lowest BCUT2D eigenvalue weighted by molar-refractivity contribution is 0.863. The predicted octanol–water partition coefficient (Wildman–Crippen LogP) is 7.11. The van der Waals surface area contributed by atoms with Crippen molar-refractivity contribution >= 4 is 28.6 Å². The molecule has 1 aliphatic heterocycles. The molecule has 146 valence electrons. The zero-order chi connectivity index (χ0) is 20.7. The van der Waals surface area contributed by atoms with Crippen LogP contribution in [0.5, 0.6) is 0 Å². The average molecular weight is 366 g/mol. The highest BCUT2D eigenvalue weighted by Crippen LogP contribution is 2.41. The first-order valence-corrected chi connectivity index (χ1v) is 9.94. The Morgan fingerprint density at radius 2 is 1.48 bits per heavy atom. The molecule has 3 heteroatoms. The lowest BCUT2D eigenvalue weighted by Crippen LogP contribution is -2.35. The molecule has 0 bridgehead atoms. The summed E-state index contributed by atoms with van der Waals surface area (Å²) in [5, 5.41) is 0. The first kappa shape index (κ1) is 22.5. The van der Waals surface area contributed by atoms with Gasteiger partial charge in [-0.15, -0.1) is 0 Å². The molecule has 0 atom stereocenters. The van der Waals surface area contributed by atoms with Crippen molar-refractivity contribution in [1.29, 1.82) is 0 Å². The molecule has 2 N–H and O–H groups in total. The van der Waals surface area contributed by atoms with Crippen LogP contribution in [0.3, 0.4) is 0 Å². The Morgan fingerprint density at radius 1 is 0.926 bits per heavy atom. The van der Waals surface area contributed by atoms with Gasteiger partial charge in [0, 0.05) is 28.6 Å². The molecule has 1 heterocycles. The summed E-state index contributed by atoms with van der Waals surface area (Å²) in [5.74, 6) is 1.28. The minimum absolute atomic E-state index is 0.280. The number of hydrogen-bond acceptors (Lipinski definition) is 3. The van der Waals surface area contributed by atoms with E-state index < -0.39 is 0 Å². The summed E-state index contributed by atoms with van der Waals surface area (Å²) in [7, 11) is 0. The van der Waals surface area contributed by atoms with E-state index in [4.69, 9.17) is 10.7 Å². The smallest absolute Gasteiger partial charge is 0.116 e. The molecule has 3 rings (SSSR count). The average Bonchev–Trinajstić information content (AvgIpc) is 2.68. The van der Waals surface area contributed by atoms with E-state index in [2.05, 4.69) is 56.5 Å². The number of rotatable bonds is 2. The van der Waals surface area contributed by atoms with Crippen LogP contribution in [0.25, 0.3) is 5.70 Å². The van der Waals surface area contributed by atoms with Gasteiger partial charge in [-0.2, -0.15) is 0 Å². The predicted molar refractivity (Wildman–Crippen MR) is 123 cm³/mol. The van der Waals surface area contributed by atoms with Crippen molar-refractivity contribution < 1.29 is 0 Å². The Balaban J connectivity index is 0.000000855. The molecule has 0 aliphatic carbocycles. The van der Waals surface area contributed by atoms with Gasteiger partial charge < -0.3 is 5.73 Å². The molecule has 0 saturated heterocycles. The zero-order valence-electron chi connectivity index (χ0n) is 18.2. The van der Waals surface area contributed by atoms with Crippen molar-refractivity contribution in [2.45, 2.75) is 55.4 Å². The van der Waals surface area contributed by atoms with Crippen molar-refractivity contribution in [3.05, 3.63) is 59.7 Å². The lowest BCUT2D eigenvalue weighted by Gasteiger charge is -2.35. The van der Waals surface area contributed by atoms with E-state index in [9.17, 15) is 0 Å². The van der Waals surface area contributed by atoms with Crippen LogP contribution in [0.4, 0.5) is 17.1 Å². The van der Waals surface area contributed by atoms with Crippen LogP contribution >= 0.6 is 0 Å². The molecule has 1 aliphatic rings. The van der Waals surface area contributed by atoms with E-state index in [0.717, 1.165) is 39.7 Å². The highest BCUT2D eigenvalue weighted by Gasteiger charge is 2.28. The fraction of sp³-hybridized carbons (Fsp3) is 0.375. The topological polar surface area (TPSA) is 41.6 Å². The van der Waals surface area contributed by atoms with Gasteiger partial charge in [-0.25, -0.2) is 4.99 Å². The summed E-state index contributed by atoms with van der Waals surface area (Å²) in [6.45, 7) is 20.8. The third kappa shape index (κ3) is 4.60. The normalized spacial score (nSPS) is 12.4. The monoisotopic (exact) mass is 365 g/mol. The largest absolute Gasteiger partial charge is 0.398 e. The number of aryl methyl sites for hydroxylation is 1. The van der Waals surface area contributed by atoms with Crippen LogP contribution < -0.4 is 10.6 Å². The van der Waals surface area contributed by atoms with E-state index in [-0.39, 0.29) is 5.92 Å². The van der Waals surface area contributed by atoms with Crippen LogP contribution in [0.1, 0.15) is 58.2 Å². The first-order valence-electron chi connectivity index (χ1n) is 9.94. The third-order valence-corrected chi connectivity index (χ3v) is 4.32. The number of nitrogens with two attached hydrogens (primary N) is 1. The number of nitrogen functional groups attached to an aromatic ring is 1. The van der Waals surface area contributed by atoms with Crippen molar-refractivity contribution in [3.63, 3.8) is 0 Å². The number of fused-ring (bicyclic) bond motifs is 1. The fourth-order valence-corrected chi connectivity index (χ4v) is 2.89. The summed E-state index contributed by atoms with van der Waals surface area (Å²) in [4.78, 5) is 7.09. The van der Waals surface area contributed by atoms with Crippen molar-refractivity contribution in [2.75, 3.05) is 10.6 Å². The van der Waals surface area contributed by atoms with Crippen LogP contribution in [-0.2, 0) is 0 Å². The number of hydrogen-bond donors (Lipinski definition) is 1. The summed E-state index contributed by atoms with van der Waals surface area (Å²) >= 11 is 0. The van der Waals surface area contributed by atoms with Crippen LogP contribution in [-0.4, -0.2) is 5.84 Å². The summed E-state index contributed by atoms with van der Waals surface area (Å²) < 4.78 is 0. The Morgan fingerprint density at radius 3 is 2.00 bits per heavy atom. The van der Waals surface area contributed by atoms with Gasteiger partial charge in [-0.1, -0.05) is 65.8 Å². The van der Waals surface area contributed by atoms with Crippen LogP contribution in [0.2, 0.25) is 0 Å². The molecule has 0 spiro atoms. The van der Waals surface area contributed by atoms with E-state index in [1.54, 1.807) is 0 Å². The van der Waals surface area contributed by atoms with Gasteiger partial charge in [0.05, 0.1) is 5.69 Å². The van der Waals surface area contributed by atoms with Gasteiger partial charge >= 0.3 is 0 Å². The maximum absolute atomic E-state index is 6.06. The molecule has 27 heavy (non-hydrogen) atoms. The Kier molecular flexibility index (Phi) is 8.30. The van der Waals surface area contributed by atoms with Gasteiger partial charge in [0.15, 0.2) is 0 Å². The Labute approximate surface area is 165 Å². The third-order valence-electron chi connectivity index (χ3n) is 4.32. The van der Waals surface area contributed by atoms with E-state index in [1.807, 2.05) is 46.8 Å². The first-order chi connectivity index (χ1) is 12.9. The Hall–Kier alpha value is -2.55. The second-order valence-electron chi connectivity index (χ2n) is 6.42. The second-order valence-corrected chi connectivity index (χ2v) is 6.42. The molecule has 2 aromatic carbocycles. The molecule has 3 nitrogen and oxygen atoms in total. The Bertz CT molecular complexity index is 799. The highest BCUT2D eigenvalue weighted by atomic mass is 15.2. The zero-order valence-corrected chi connectivity index (χ0v) is 18.2. The second kappa shape index (κ2) is 9.96. The van der Waals surface area contributed by atoms with Crippen molar-refractivity contribution in [1.82, 2.24) is 0 Å². The van der Waals surface area contributed by atoms with E-state index >= 15 is 0 Å². The fourth-order valence-electron chi connectivity index (χ4n) is 2.89. The van der Waals surface area contributed by atoms with Crippen molar-refractivity contribution in [3.8, 4) is 0 Å². The van der Waals surface area contributed by atoms with E-state index in [0.29, 0.717) is 0 Å². The maximum atomic E-state index is 6.06. The molecular weight excluding hydrogens is 330 g/mol.